The first-order chi connectivity index (χ1) is 20.6. The molecule has 4 aromatic rings. The monoisotopic (exact) mass is 609 g/mol. The Kier molecular flexibility index (Phi) is 10.7. The van der Waals surface area contributed by atoms with E-state index in [1.54, 1.807) is 48.5 Å². The Morgan fingerprint density at radius 2 is 1.63 bits per heavy atom. The molecule has 224 valence electrons. The van der Waals surface area contributed by atoms with Gasteiger partial charge in [-0.15, -0.1) is 11.3 Å². The van der Waals surface area contributed by atoms with Crippen LogP contribution >= 0.6 is 11.3 Å². The summed E-state index contributed by atoms with van der Waals surface area (Å²) in [5, 5.41) is 18.7. The van der Waals surface area contributed by atoms with Gasteiger partial charge in [-0.25, -0.2) is 9.78 Å². The van der Waals surface area contributed by atoms with Crippen molar-refractivity contribution in [3.05, 3.63) is 112 Å². The number of halogens is 3. The van der Waals surface area contributed by atoms with Crippen LogP contribution in [0.1, 0.15) is 57.7 Å². The highest BCUT2D eigenvalue weighted by Crippen LogP contribution is 2.34. The first-order valence-electron chi connectivity index (χ1n) is 13.6. The van der Waals surface area contributed by atoms with Gasteiger partial charge in [-0.05, 0) is 54.5 Å². The van der Waals surface area contributed by atoms with Crippen LogP contribution in [0.25, 0.3) is 17.3 Å². The second-order valence-electron chi connectivity index (χ2n) is 10.0. The van der Waals surface area contributed by atoms with Gasteiger partial charge in [0, 0.05) is 22.9 Å². The fourth-order valence-electron chi connectivity index (χ4n) is 4.49. The van der Waals surface area contributed by atoms with Crippen molar-refractivity contribution in [2.24, 2.45) is 5.92 Å². The summed E-state index contributed by atoms with van der Waals surface area (Å²) in [7, 11) is 0. The molecule has 0 aliphatic heterocycles. The highest BCUT2D eigenvalue weighted by molar-refractivity contribution is 7.10. The Morgan fingerprint density at radius 1 is 0.930 bits per heavy atom. The molecule has 0 radical (unpaired) electrons. The molecule has 43 heavy (non-hydrogen) atoms. The first kappa shape index (κ1) is 31.5. The van der Waals surface area contributed by atoms with Gasteiger partial charge in [-0.1, -0.05) is 73.2 Å². The van der Waals surface area contributed by atoms with Crippen molar-refractivity contribution in [2.75, 3.05) is 0 Å². The van der Waals surface area contributed by atoms with Gasteiger partial charge in [0.05, 0.1) is 11.3 Å². The van der Waals surface area contributed by atoms with E-state index >= 15 is 0 Å². The van der Waals surface area contributed by atoms with E-state index in [4.69, 9.17) is 9.84 Å². The van der Waals surface area contributed by atoms with Gasteiger partial charge in [0.2, 0.25) is 0 Å². The molecule has 6 nitrogen and oxygen atoms in total. The predicted molar refractivity (Wildman–Crippen MR) is 159 cm³/mol. The number of carboxylic acid groups (broad SMARTS) is 2. The minimum atomic E-state index is -4.47. The molecular formula is C33H30F3NO5S. The van der Waals surface area contributed by atoms with E-state index < -0.39 is 23.1 Å². The molecule has 2 N–H and O–H groups in total. The lowest BCUT2D eigenvalue weighted by Crippen LogP contribution is -2.04. The molecular weight excluding hydrogens is 579 g/mol. The average molecular weight is 610 g/mol. The maximum Gasteiger partial charge on any atom is 0.443 e. The van der Waals surface area contributed by atoms with Crippen LogP contribution in [0.5, 0.6) is 5.75 Å². The molecule has 0 aliphatic carbocycles. The quantitative estimate of drug-likeness (QED) is 0.139. The van der Waals surface area contributed by atoms with Crippen molar-refractivity contribution >= 4 is 29.4 Å². The normalized spacial score (nSPS) is 12.3. The number of para-hydroxylation sites is 1. The zero-order valence-electron chi connectivity index (χ0n) is 23.1. The summed E-state index contributed by atoms with van der Waals surface area (Å²) in [4.78, 5) is 25.8. The van der Waals surface area contributed by atoms with E-state index in [0.717, 1.165) is 29.5 Å². The third kappa shape index (κ3) is 9.54. The molecule has 1 heterocycles. The van der Waals surface area contributed by atoms with Gasteiger partial charge in [-0.2, -0.15) is 13.2 Å². The van der Waals surface area contributed by atoms with Crippen molar-refractivity contribution in [3.8, 4) is 17.0 Å². The highest BCUT2D eigenvalue weighted by Gasteiger charge is 2.34. The second kappa shape index (κ2) is 14.6. The summed E-state index contributed by atoms with van der Waals surface area (Å²) in [6.45, 7) is 0.255. The van der Waals surface area contributed by atoms with Gasteiger partial charge in [-0.3, -0.25) is 4.79 Å². The maximum absolute atomic E-state index is 12.9. The minimum absolute atomic E-state index is 0.0913. The number of ether oxygens (including phenoxy) is 1. The molecule has 0 saturated carbocycles. The number of allylic oxidation sites excluding steroid dienone is 1. The molecule has 0 amide bonds. The number of hydrogen-bond donors (Lipinski definition) is 2. The summed E-state index contributed by atoms with van der Waals surface area (Å²) in [6.07, 6.45) is 2.44. The predicted octanol–water partition coefficient (Wildman–Crippen LogP) is 8.62. The molecule has 0 spiro atoms. The Labute approximate surface area is 251 Å². The van der Waals surface area contributed by atoms with E-state index in [2.05, 4.69) is 11.1 Å². The number of hydrogen-bond acceptors (Lipinski definition) is 5. The Balaban J connectivity index is 1.42. The van der Waals surface area contributed by atoms with Crippen LogP contribution in [-0.2, 0) is 24.0 Å². The van der Waals surface area contributed by atoms with E-state index in [1.807, 2.05) is 30.3 Å². The molecule has 3 aromatic carbocycles. The molecule has 10 heteroatoms. The van der Waals surface area contributed by atoms with Gasteiger partial charge in [0.25, 0.3) is 0 Å². The lowest BCUT2D eigenvalue weighted by atomic mass is 9.92. The van der Waals surface area contributed by atoms with Gasteiger partial charge < -0.3 is 14.9 Å². The van der Waals surface area contributed by atoms with Crippen LogP contribution in [0, 0.1) is 5.92 Å². The zero-order valence-corrected chi connectivity index (χ0v) is 23.9. The number of aliphatic carboxylic acids is 1. The second-order valence-corrected chi connectivity index (χ2v) is 10.9. The van der Waals surface area contributed by atoms with Crippen LogP contribution in [-0.4, -0.2) is 27.1 Å². The summed E-state index contributed by atoms with van der Waals surface area (Å²) in [5.74, 6) is -1.06. The van der Waals surface area contributed by atoms with Crippen molar-refractivity contribution < 1.29 is 37.7 Å². The van der Waals surface area contributed by atoms with E-state index in [0.29, 0.717) is 35.5 Å². The van der Waals surface area contributed by atoms with Gasteiger partial charge in [0.15, 0.2) is 5.01 Å². The number of alkyl halides is 3. The van der Waals surface area contributed by atoms with Crippen LogP contribution < -0.4 is 4.74 Å². The zero-order chi connectivity index (χ0) is 30.8. The molecule has 1 atom stereocenters. The fraction of sp³-hybridized carbons (Fsp3) is 0.242. The molecule has 0 aliphatic rings. The standard InChI is InChI=1S/C33H30F3NO5S/c34-33(35,36)32-37-28(21-43-32)25-14-12-24(13-15-25)20-42-29-7-3-2-6-26(29)16-9-22(5-1-4-8-30(38)39)19-23-10-17-27(18-11-23)31(40)41/h2-3,6-7,9-18,21-22H,1,4-5,8,19-20H2,(H,38,39)(H,40,41). The van der Waals surface area contributed by atoms with Crippen molar-refractivity contribution in [2.45, 2.75) is 44.9 Å². The SMILES string of the molecule is O=C(O)CCCCC(C=Cc1ccccc1OCc1ccc(-c2csc(C(F)(F)F)n2)cc1)Cc1ccc(C(=O)O)cc1. The average Bonchev–Trinajstić information content (AvgIpc) is 3.49. The summed E-state index contributed by atoms with van der Waals surface area (Å²) < 4.78 is 44.8. The topological polar surface area (TPSA) is 96.7 Å². The first-order valence-corrected chi connectivity index (χ1v) is 14.5. The number of carbonyl (C=O) groups is 2. The summed E-state index contributed by atoms with van der Waals surface area (Å²) in [5.41, 5.74) is 3.77. The van der Waals surface area contributed by atoms with Crippen molar-refractivity contribution in [3.63, 3.8) is 0 Å². The third-order valence-electron chi connectivity index (χ3n) is 6.77. The lowest BCUT2D eigenvalue weighted by Gasteiger charge is -2.14. The molecule has 1 unspecified atom stereocenters. The Morgan fingerprint density at radius 3 is 2.28 bits per heavy atom. The number of aromatic carboxylic acids is 1. The minimum Gasteiger partial charge on any atom is -0.488 e. The molecule has 0 saturated heterocycles. The third-order valence-corrected chi connectivity index (χ3v) is 7.66. The number of carboxylic acids is 2. The number of thiazole rings is 1. The Hall–Kier alpha value is -4.44. The number of benzene rings is 3. The number of nitrogens with zero attached hydrogens (tertiary/aromatic N) is 1. The largest absolute Gasteiger partial charge is 0.488 e. The van der Waals surface area contributed by atoms with Crippen LogP contribution in [0.15, 0.2) is 84.3 Å². The van der Waals surface area contributed by atoms with Crippen molar-refractivity contribution in [1.82, 2.24) is 4.98 Å². The van der Waals surface area contributed by atoms with E-state index in [-0.39, 0.29) is 30.2 Å². The summed E-state index contributed by atoms with van der Waals surface area (Å²) in [6, 6.07) is 21.3. The van der Waals surface area contributed by atoms with Crippen LogP contribution in [0.4, 0.5) is 13.2 Å². The maximum atomic E-state index is 12.9. The molecule has 0 fully saturated rings. The van der Waals surface area contributed by atoms with Crippen molar-refractivity contribution in [1.29, 1.82) is 0 Å². The molecule has 4 rings (SSSR count). The van der Waals surface area contributed by atoms with Gasteiger partial charge in [0.1, 0.15) is 12.4 Å². The number of unbranched alkanes of at least 4 members (excludes halogenated alkanes) is 1. The molecule has 0 bridgehead atoms. The summed E-state index contributed by atoms with van der Waals surface area (Å²) >= 11 is 0.567. The fourth-order valence-corrected chi connectivity index (χ4v) is 5.19. The lowest BCUT2D eigenvalue weighted by molar-refractivity contribution is -0.138. The van der Waals surface area contributed by atoms with E-state index in [9.17, 15) is 27.9 Å². The highest BCUT2D eigenvalue weighted by atomic mass is 32.1. The Bertz CT molecular complexity index is 1550. The van der Waals surface area contributed by atoms with Gasteiger partial charge >= 0.3 is 18.1 Å². The number of aromatic nitrogens is 1. The van der Waals surface area contributed by atoms with Crippen LogP contribution in [0.2, 0.25) is 0 Å². The van der Waals surface area contributed by atoms with E-state index in [1.165, 1.54) is 5.38 Å². The molecule has 1 aromatic heterocycles. The smallest absolute Gasteiger partial charge is 0.443 e. The van der Waals surface area contributed by atoms with Crippen LogP contribution in [0.3, 0.4) is 0 Å². The number of rotatable bonds is 14.